The van der Waals surface area contributed by atoms with Gasteiger partial charge in [-0.3, -0.25) is 14.9 Å². The van der Waals surface area contributed by atoms with Crippen LogP contribution in [0.3, 0.4) is 0 Å². The number of carbonyl (C=O) groups is 2. The molecule has 0 unspecified atom stereocenters. The predicted octanol–water partition coefficient (Wildman–Crippen LogP) is 2.72. The zero-order chi connectivity index (χ0) is 16.1. The maximum absolute atomic E-state index is 12.0. The van der Waals surface area contributed by atoms with Gasteiger partial charge in [-0.15, -0.1) is 5.06 Å². The van der Waals surface area contributed by atoms with Crippen LogP contribution in [0.2, 0.25) is 0 Å². The van der Waals surface area contributed by atoms with Gasteiger partial charge in [0.25, 0.3) is 11.6 Å². The molecule has 0 fully saturated rings. The summed E-state index contributed by atoms with van der Waals surface area (Å²) in [6, 6.07) is 13.3. The van der Waals surface area contributed by atoms with Crippen LogP contribution in [0.5, 0.6) is 0 Å². The number of carbonyl (C=O) groups excluding carboxylic acids is 2. The third-order valence-corrected chi connectivity index (χ3v) is 2.76. The number of amides is 1. The average molecular weight is 300 g/mol. The second-order valence-electron chi connectivity index (χ2n) is 4.33. The molecule has 0 atom stereocenters. The lowest BCUT2D eigenvalue weighted by Gasteiger charge is -2.19. The van der Waals surface area contributed by atoms with E-state index in [2.05, 4.69) is 0 Å². The second-order valence-corrected chi connectivity index (χ2v) is 4.33. The maximum Gasteiger partial charge on any atom is 0.363 e. The number of nitrogens with zero attached hydrogens (tertiary/aromatic N) is 2. The van der Waals surface area contributed by atoms with Gasteiger partial charge in [-0.1, -0.05) is 18.2 Å². The Balaban J connectivity index is 2.18. The summed E-state index contributed by atoms with van der Waals surface area (Å²) >= 11 is 0. The minimum absolute atomic E-state index is 0.104. The molecule has 0 saturated heterocycles. The van der Waals surface area contributed by atoms with E-state index in [1.807, 2.05) is 0 Å². The molecular weight excluding hydrogens is 288 g/mol. The molecule has 1 amide bonds. The molecule has 112 valence electrons. The van der Waals surface area contributed by atoms with Gasteiger partial charge in [0.1, 0.15) is 0 Å². The van der Waals surface area contributed by atoms with Crippen molar-refractivity contribution >= 4 is 23.3 Å². The number of para-hydroxylation sites is 1. The summed E-state index contributed by atoms with van der Waals surface area (Å²) in [4.78, 5) is 38.7. The van der Waals surface area contributed by atoms with E-state index < -0.39 is 16.8 Å². The number of benzene rings is 2. The van der Waals surface area contributed by atoms with Gasteiger partial charge in [-0.05, 0) is 24.3 Å². The molecule has 2 aromatic rings. The summed E-state index contributed by atoms with van der Waals surface area (Å²) < 4.78 is 0. The van der Waals surface area contributed by atoms with E-state index in [1.54, 1.807) is 30.3 Å². The lowest BCUT2D eigenvalue weighted by Crippen LogP contribution is -2.31. The van der Waals surface area contributed by atoms with Gasteiger partial charge >= 0.3 is 5.97 Å². The van der Waals surface area contributed by atoms with E-state index in [0.717, 1.165) is 5.06 Å². The predicted molar refractivity (Wildman–Crippen MR) is 78.1 cm³/mol. The van der Waals surface area contributed by atoms with Crippen molar-refractivity contribution < 1.29 is 19.3 Å². The topological polar surface area (TPSA) is 89.8 Å². The quantitative estimate of drug-likeness (QED) is 0.642. The number of hydrogen-bond donors (Lipinski definition) is 0. The van der Waals surface area contributed by atoms with Crippen molar-refractivity contribution in [1.29, 1.82) is 0 Å². The largest absolute Gasteiger partial charge is 0.363 e. The van der Waals surface area contributed by atoms with Gasteiger partial charge in [0.15, 0.2) is 0 Å². The zero-order valence-electron chi connectivity index (χ0n) is 11.6. The highest BCUT2D eigenvalue weighted by Gasteiger charge is 2.19. The summed E-state index contributed by atoms with van der Waals surface area (Å²) in [5, 5.41) is 11.4. The Bertz CT molecular complexity index is 698. The number of non-ortho nitro benzene ring substituents is 1. The molecule has 2 rings (SSSR count). The van der Waals surface area contributed by atoms with Crippen molar-refractivity contribution in [3.05, 3.63) is 70.3 Å². The van der Waals surface area contributed by atoms with Gasteiger partial charge in [-0.2, -0.15) is 0 Å². The number of hydrogen-bond acceptors (Lipinski definition) is 5. The Morgan fingerprint density at radius 1 is 1.05 bits per heavy atom. The van der Waals surface area contributed by atoms with Gasteiger partial charge in [0, 0.05) is 19.1 Å². The molecule has 22 heavy (non-hydrogen) atoms. The molecule has 0 spiro atoms. The van der Waals surface area contributed by atoms with Crippen molar-refractivity contribution in [2.45, 2.75) is 6.92 Å². The third kappa shape index (κ3) is 3.45. The van der Waals surface area contributed by atoms with Crippen molar-refractivity contribution in [2.75, 3.05) is 5.06 Å². The number of rotatable bonds is 3. The molecule has 0 heterocycles. The third-order valence-electron chi connectivity index (χ3n) is 2.76. The Hall–Kier alpha value is -3.22. The average Bonchev–Trinajstić information content (AvgIpc) is 2.53. The first kappa shape index (κ1) is 15.2. The zero-order valence-corrected chi connectivity index (χ0v) is 11.6. The summed E-state index contributed by atoms with van der Waals surface area (Å²) in [5.74, 6) is -1.25. The van der Waals surface area contributed by atoms with E-state index >= 15 is 0 Å². The highest BCUT2D eigenvalue weighted by atomic mass is 16.7. The molecule has 0 bridgehead atoms. The van der Waals surface area contributed by atoms with Crippen molar-refractivity contribution in [1.82, 2.24) is 0 Å². The van der Waals surface area contributed by atoms with E-state index in [1.165, 1.54) is 31.2 Å². The lowest BCUT2D eigenvalue weighted by atomic mass is 10.2. The highest BCUT2D eigenvalue weighted by Crippen LogP contribution is 2.17. The van der Waals surface area contributed by atoms with Crippen LogP contribution >= 0.6 is 0 Å². The molecule has 0 radical (unpaired) electrons. The maximum atomic E-state index is 12.0. The van der Waals surface area contributed by atoms with Crippen molar-refractivity contribution in [3.63, 3.8) is 0 Å². The van der Waals surface area contributed by atoms with Crippen molar-refractivity contribution in [3.8, 4) is 0 Å². The number of nitro groups is 1. The monoisotopic (exact) mass is 300 g/mol. The van der Waals surface area contributed by atoms with Crippen molar-refractivity contribution in [2.24, 2.45) is 0 Å². The molecule has 0 saturated carbocycles. The minimum atomic E-state index is -0.783. The summed E-state index contributed by atoms with van der Waals surface area (Å²) in [6.45, 7) is 1.26. The van der Waals surface area contributed by atoms with Crippen LogP contribution in [-0.4, -0.2) is 16.8 Å². The van der Waals surface area contributed by atoms with Crippen LogP contribution in [0.4, 0.5) is 11.4 Å². The Labute approximate surface area is 125 Å². The fraction of sp³-hybridized carbons (Fsp3) is 0.0667. The summed E-state index contributed by atoms with van der Waals surface area (Å²) in [5.41, 5.74) is 0.376. The second kappa shape index (κ2) is 6.49. The lowest BCUT2D eigenvalue weighted by molar-refractivity contribution is -0.384. The van der Waals surface area contributed by atoms with Crippen LogP contribution in [0.1, 0.15) is 17.3 Å². The Morgan fingerprint density at radius 2 is 1.64 bits per heavy atom. The number of nitro benzene ring substituents is 1. The molecule has 0 aliphatic heterocycles. The van der Waals surface area contributed by atoms with Crippen LogP contribution < -0.4 is 5.06 Å². The van der Waals surface area contributed by atoms with Crippen LogP contribution in [-0.2, 0) is 9.63 Å². The van der Waals surface area contributed by atoms with E-state index in [0.29, 0.717) is 5.69 Å². The Morgan fingerprint density at radius 3 is 2.14 bits per heavy atom. The van der Waals surface area contributed by atoms with Gasteiger partial charge in [0.05, 0.1) is 16.2 Å². The van der Waals surface area contributed by atoms with E-state index in [9.17, 15) is 19.7 Å². The molecule has 7 nitrogen and oxygen atoms in total. The molecular formula is C15H12N2O5. The van der Waals surface area contributed by atoms with Gasteiger partial charge < -0.3 is 4.84 Å². The normalized spacial score (nSPS) is 9.86. The summed E-state index contributed by atoms with van der Waals surface area (Å²) in [6.07, 6.45) is 0. The first-order valence-electron chi connectivity index (χ1n) is 6.31. The van der Waals surface area contributed by atoms with Crippen LogP contribution in [0.15, 0.2) is 54.6 Å². The number of anilines is 1. The first-order chi connectivity index (χ1) is 10.5. The fourth-order valence-corrected chi connectivity index (χ4v) is 1.72. The molecule has 0 aromatic heterocycles. The molecule has 0 aliphatic rings. The highest BCUT2D eigenvalue weighted by molar-refractivity contribution is 5.96. The first-order valence-corrected chi connectivity index (χ1v) is 6.31. The standard InChI is InChI=1S/C15H12N2O5/c1-11(18)16(13-5-3-2-4-6-13)22-15(19)12-7-9-14(10-8-12)17(20)21/h2-10H,1H3. The molecule has 2 aromatic carbocycles. The molecule has 0 aliphatic carbocycles. The Kier molecular flexibility index (Phi) is 4.47. The van der Waals surface area contributed by atoms with E-state index in [4.69, 9.17) is 4.84 Å². The summed E-state index contributed by atoms with van der Waals surface area (Å²) in [7, 11) is 0. The molecule has 0 N–H and O–H groups in total. The smallest absolute Gasteiger partial charge is 0.328 e. The number of hydroxylamine groups is 1. The SMILES string of the molecule is CC(=O)N(OC(=O)c1ccc([N+](=O)[O-])cc1)c1ccccc1. The van der Waals surface area contributed by atoms with Crippen LogP contribution in [0.25, 0.3) is 0 Å². The molecule has 7 heteroatoms. The fourth-order valence-electron chi connectivity index (χ4n) is 1.72. The van der Waals surface area contributed by atoms with Gasteiger partial charge in [0.2, 0.25) is 0 Å². The van der Waals surface area contributed by atoms with Gasteiger partial charge in [-0.25, -0.2) is 4.79 Å². The van der Waals surface area contributed by atoms with E-state index in [-0.39, 0.29) is 11.3 Å². The minimum Gasteiger partial charge on any atom is -0.328 e. The van der Waals surface area contributed by atoms with Crippen LogP contribution in [0, 0.1) is 10.1 Å².